The monoisotopic (exact) mass is 273 g/mol. The molecule has 1 aromatic heterocycles. The van der Waals surface area contributed by atoms with Gasteiger partial charge in [-0.3, -0.25) is 4.79 Å². The summed E-state index contributed by atoms with van der Waals surface area (Å²) in [5.41, 5.74) is 0. The molecule has 4 aliphatic rings. The molecule has 108 valence electrons. The van der Waals surface area contributed by atoms with Gasteiger partial charge in [0.05, 0.1) is 0 Å². The van der Waals surface area contributed by atoms with Crippen LogP contribution in [0, 0.1) is 29.6 Å². The third-order valence-corrected chi connectivity index (χ3v) is 5.75. The topological polar surface area (TPSA) is 57.8 Å². The number of nitrogens with one attached hydrogen (secondary N) is 2. The van der Waals surface area contributed by atoms with Crippen LogP contribution in [-0.4, -0.2) is 22.4 Å². The fourth-order valence-corrected chi connectivity index (χ4v) is 5.21. The van der Waals surface area contributed by atoms with E-state index in [1.54, 1.807) is 6.20 Å². The van der Waals surface area contributed by atoms with Crippen molar-refractivity contribution in [1.29, 1.82) is 0 Å². The lowest BCUT2D eigenvalue weighted by Gasteiger charge is -2.53. The molecule has 4 heteroatoms. The molecule has 0 unspecified atom stereocenters. The minimum atomic E-state index is 0.305. The first-order valence-corrected chi connectivity index (χ1v) is 8.05. The molecule has 1 aromatic rings. The first kappa shape index (κ1) is 12.4. The molecule has 4 saturated carbocycles. The maximum Gasteiger partial charge on any atom is 0.223 e. The summed E-state index contributed by atoms with van der Waals surface area (Å²) in [4.78, 5) is 19.8. The molecule has 1 amide bonds. The number of aromatic amines is 1. The number of amides is 1. The number of carbonyl (C=O) groups is 1. The van der Waals surface area contributed by atoms with Crippen LogP contribution in [0.25, 0.3) is 0 Å². The van der Waals surface area contributed by atoms with Crippen LogP contribution in [0.3, 0.4) is 0 Å². The molecule has 4 nitrogen and oxygen atoms in total. The summed E-state index contributed by atoms with van der Waals surface area (Å²) < 4.78 is 0. The number of H-pyrrole nitrogens is 1. The third kappa shape index (κ3) is 2.15. The Kier molecular flexibility index (Phi) is 3.04. The van der Waals surface area contributed by atoms with Crippen molar-refractivity contribution in [2.45, 2.75) is 38.5 Å². The molecule has 20 heavy (non-hydrogen) atoms. The number of carbonyl (C=O) groups excluding carboxylic acids is 1. The Bertz CT molecular complexity index is 454. The van der Waals surface area contributed by atoms with Crippen LogP contribution >= 0.6 is 0 Å². The van der Waals surface area contributed by atoms with Gasteiger partial charge in [-0.1, -0.05) is 0 Å². The average Bonchev–Trinajstić information content (AvgIpc) is 2.90. The predicted octanol–water partition coefficient (Wildman–Crippen LogP) is 2.14. The van der Waals surface area contributed by atoms with Gasteiger partial charge in [-0.05, 0) is 55.8 Å². The standard InChI is InChI=1S/C16H23N3O/c20-16(19-2-1-14-17-3-4-18-14)15-12-6-10-5-11(8-12)9-13(15)7-10/h3-4,10-13,15H,1-2,5-9H2,(H,17,18)(H,19,20). The van der Waals surface area contributed by atoms with Gasteiger partial charge in [0.1, 0.15) is 5.82 Å². The van der Waals surface area contributed by atoms with Crippen LogP contribution in [-0.2, 0) is 11.2 Å². The van der Waals surface area contributed by atoms with Crippen molar-refractivity contribution < 1.29 is 4.79 Å². The second kappa shape index (κ2) is 4.90. The summed E-state index contributed by atoms with van der Waals surface area (Å²) in [5, 5.41) is 3.15. The molecule has 0 aromatic carbocycles. The first-order valence-electron chi connectivity index (χ1n) is 8.05. The van der Waals surface area contributed by atoms with Crippen molar-refractivity contribution in [1.82, 2.24) is 15.3 Å². The van der Waals surface area contributed by atoms with Gasteiger partial charge in [-0.15, -0.1) is 0 Å². The van der Waals surface area contributed by atoms with E-state index in [1.165, 1.54) is 32.1 Å². The van der Waals surface area contributed by atoms with Gasteiger partial charge in [0, 0.05) is 31.3 Å². The maximum atomic E-state index is 12.5. The zero-order chi connectivity index (χ0) is 13.5. The number of imidazole rings is 1. The van der Waals surface area contributed by atoms with E-state index < -0.39 is 0 Å². The smallest absolute Gasteiger partial charge is 0.223 e. The van der Waals surface area contributed by atoms with Gasteiger partial charge in [0.25, 0.3) is 0 Å². The van der Waals surface area contributed by atoms with Crippen LogP contribution in [0.5, 0.6) is 0 Å². The van der Waals surface area contributed by atoms with E-state index in [4.69, 9.17) is 0 Å². The molecule has 0 spiro atoms. The Labute approximate surface area is 119 Å². The first-order chi connectivity index (χ1) is 9.79. The van der Waals surface area contributed by atoms with E-state index in [0.717, 1.165) is 24.1 Å². The Balaban J connectivity index is 1.34. The average molecular weight is 273 g/mol. The summed E-state index contributed by atoms with van der Waals surface area (Å²) >= 11 is 0. The number of hydrogen-bond acceptors (Lipinski definition) is 2. The molecule has 4 aliphatic carbocycles. The van der Waals surface area contributed by atoms with Gasteiger partial charge >= 0.3 is 0 Å². The Hall–Kier alpha value is -1.32. The summed E-state index contributed by atoms with van der Waals surface area (Å²) in [5.74, 6) is 4.79. The second-order valence-electron chi connectivity index (χ2n) is 7.03. The van der Waals surface area contributed by atoms with Crippen LogP contribution in [0.4, 0.5) is 0 Å². The van der Waals surface area contributed by atoms with E-state index in [9.17, 15) is 4.79 Å². The highest BCUT2D eigenvalue weighted by Gasteiger charge is 2.50. The molecule has 1 heterocycles. The van der Waals surface area contributed by atoms with Gasteiger partial charge in [0.2, 0.25) is 5.91 Å². The number of hydrogen-bond donors (Lipinski definition) is 2. The Morgan fingerprint density at radius 2 is 1.90 bits per heavy atom. The van der Waals surface area contributed by atoms with Crippen molar-refractivity contribution in [2.75, 3.05) is 6.54 Å². The summed E-state index contributed by atoms with van der Waals surface area (Å²) in [6.45, 7) is 0.704. The molecule has 0 radical (unpaired) electrons. The summed E-state index contributed by atoms with van der Waals surface area (Å²) in [7, 11) is 0. The molecule has 0 saturated heterocycles. The van der Waals surface area contributed by atoms with Crippen LogP contribution in [0.2, 0.25) is 0 Å². The van der Waals surface area contributed by atoms with Crippen molar-refractivity contribution in [3.8, 4) is 0 Å². The fourth-order valence-electron chi connectivity index (χ4n) is 5.21. The minimum Gasteiger partial charge on any atom is -0.355 e. The van der Waals surface area contributed by atoms with Crippen molar-refractivity contribution in [3.63, 3.8) is 0 Å². The molecule has 5 rings (SSSR count). The van der Waals surface area contributed by atoms with Crippen LogP contribution in [0.15, 0.2) is 12.4 Å². The lowest BCUT2D eigenvalue weighted by molar-refractivity contribution is -0.138. The van der Waals surface area contributed by atoms with Crippen molar-refractivity contribution in [2.24, 2.45) is 29.6 Å². The van der Waals surface area contributed by atoms with Crippen molar-refractivity contribution in [3.05, 3.63) is 18.2 Å². The SMILES string of the molecule is O=C(NCCc1ncc[nH]1)C1C2CC3CC(C2)CC1C3. The maximum absolute atomic E-state index is 12.5. The zero-order valence-corrected chi connectivity index (χ0v) is 11.8. The minimum absolute atomic E-state index is 0.305. The van der Waals surface area contributed by atoms with Gasteiger partial charge < -0.3 is 10.3 Å². The highest BCUT2D eigenvalue weighted by atomic mass is 16.1. The number of aromatic nitrogens is 2. The lowest BCUT2D eigenvalue weighted by atomic mass is 9.51. The molecular weight excluding hydrogens is 250 g/mol. The fraction of sp³-hybridized carbons (Fsp3) is 0.750. The second-order valence-corrected chi connectivity index (χ2v) is 7.03. The van der Waals surface area contributed by atoms with Crippen LogP contribution in [0.1, 0.15) is 37.9 Å². The lowest BCUT2D eigenvalue weighted by Crippen LogP contribution is -2.51. The van der Waals surface area contributed by atoms with Gasteiger partial charge in [-0.25, -0.2) is 4.98 Å². The van der Waals surface area contributed by atoms with E-state index in [2.05, 4.69) is 15.3 Å². The highest BCUT2D eigenvalue weighted by molar-refractivity contribution is 5.79. The van der Waals surface area contributed by atoms with Gasteiger partial charge in [0.15, 0.2) is 0 Å². The largest absolute Gasteiger partial charge is 0.355 e. The molecule has 0 aliphatic heterocycles. The highest BCUT2D eigenvalue weighted by Crippen LogP contribution is 2.56. The molecule has 0 atom stereocenters. The van der Waals surface area contributed by atoms with E-state index in [-0.39, 0.29) is 0 Å². The van der Waals surface area contributed by atoms with Crippen molar-refractivity contribution >= 4 is 5.91 Å². The molecule has 4 fully saturated rings. The predicted molar refractivity (Wildman–Crippen MR) is 75.8 cm³/mol. The molecular formula is C16H23N3O. The quantitative estimate of drug-likeness (QED) is 0.883. The molecule has 2 N–H and O–H groups in total. The summed E-state index contributed by atoms with van der Waals surface area (Å²) in [6, 6.07) is 0. The van der Waals surface area contributed by atoms with E-state index in [0.29, 0.717) is 30.2 Å². The normalized spacial score (nSPS) is 38.1. The summed E-state index contributed by atoms with van der Waals surface area (Å²) in [6.07, 6.45) is 11.1. The van der Waals surface area contributed by atoms with E-state index in [1.807, 2.05) is 6.20 Å². The van der Waals surface area contributed by atoms with Gasteiger partial charge in [-0.2, -0.15) is 0 Å². The Morgan fingerprint density at radius 3 is 2.50 bits per heavy atom. The third-order valence-electron chi connectivity index (χ3n) is 5.75. The zero-order valence-electron chi connectivity index (χ0n) is 11.8. The van der Waals surface area contributed by atoms with E-state index >= 15 is 0 Å². The molecule has 4 bridgehead atoms. The van der Waals surface area contributed by atoms with Crippen LogP contribution < -0.4 is 5.32 Å². The number of nitrogens with zero attached hydrogens (tertiary/aromatic N) is 1. The number of rotatable bonds is 4. The Morgan fingerprint density at radius 1 is 1.20 bits per heavy atom.